The molecule has 5 heteroatoms. The number of aromatic nitrogens is 2. The van der Waals surface area contributed by atoms with E-state index in [1.807, 2.05) is 66.7 Å². The quantitative estimate of drug-likeness (QED) is 0.177. The molecule has 0 saturated heterocycles. The Balaban J connectivity index is 1.32. The number of nitrogens with zero attached hydrogens (tertiary/aromatic N) is 5. The van der Waals surface area contributed by atoms with E-state index >= 15 is 0 Å². The Labute approximate surface area is 288 Å². The maximum absolute atomic E-state index is 10.3. The van der Waals surface area contributed by atoms with Crippen molar-refractivity contribution in [1.29, 1.82) is 5.26 Å². The van der Waals surface area contributed by atoms with Crippen LogP contribution in [0.5, 0.6) is 0 Å². The first kappa shape index (κ1) is 28.8. The van der Waals surface area contributed by atoms with Crippen molar-refractivity contribution in [3.63, 3.8) is 0 Å². The van der Waals surface area contributed by atoms with Gasteiger partial charge >= 0.3 is 0 Å². The fraction of sp³-hybridized carbons (Fsp3) is 0. The summed E-state index contributed by atoms with van der Waals surface area (Å²) in [5.41, 5.74) is 11.0. The first-order valence-corrected chi connectivity index (χ1v) is 16.2. The minimum atomic E-state index is 0.536. The molecule has 0 aliphatic heterocycles. The van der Waals surface area contributed by atoms with E-state index in [-0.39, 0.29) is 0 Å². The molecule has 0 saturated carbocycles. The summed E-state index contributed by atoms with van der Waals surface area (Å²) < 4.78 is 4.42. The van der Waals surface area contributed by atoms with E-state index in [1.165, 1.54) is 10.8 Å². The van der Waals surface area contributed by atoms with Crippen molar-refractivity contribution < 1.29 is 0 Å². The molecule has 0 fully saturated rings. The zero-order valence-corrected chi connectivity index (χ0v) is 26.7. The number of fused-ring (bicyclic) bond motifs is 6. The summed E-state index contributed by atoms with van der Waals surface area (Å²) in [5, 5.41) is 14.5. The van der Waals surface area contributed by atoms with Gasteiger partial charge in [-0.15, -0.1) is 0 Å². The van der Waals surface area contributed by atoms with Crippen molar-refractivity contribution in [3.8, 4) is 39.7 Å². The van der Waals surface area contributed by atoms with Crippen LogP contribution in [-0.4, -0.2) is 9.13 Å². The molecule has 5 nitrogen and oxygen atoms in total. The third-order valence-corrected chi connectivity index (χ3v) is 9.59. The lowest BCUT2D eigenvalue weighted by Gasteiger charge is -2.19. The van der Waals surface area contributed by atoms with Crippen LogP contribution in [0.3, 0.4) is 0 Å². The van der Waals surface area contributed by atoms with Crippen molar-refractivity contribution in [2.24, 2.45) is 0 Å². The van der Waals surface area contributed by atoms with Gasteiger partial charge in [0.2, 0.25) is 0 Å². The van der Waals surface area contributed by atoms with Crippen molar-refractivity contribution in [2.45, 2.75) is 0 Å². The maximum atomic E-state index is 10.3. The van der Waals surface area contributed by atoms with Crippen LogP contribution in [0.15, 0.2) is 152 Å². The van der Waals surface area contributed by atoms with E-state index < -0.39 is 0 Å². The van der Waals surface area contributed by atoms with Gasteiger partial charge in [0, 0.05) is 21.8 Å². The fourth-order valence-electron chi connectivity index (χ4n) is 7.52. The second-order valence-electron chi connectivity index (χ2n) is 12.2. The van der Waals surface area contributed by atoms with Gasteiger partial charge in [0.1, 0.15) is 6.07 Å². The molecule has 2 heterocycles. The molecule has 0 radical (unpaired) electrons. The van der Waals surface area contributed by atoms with Crippen LogP contribution in [0.1, 0.15) is 5.56 Å². The molecule has 230 valence electrons. The minimum Gasteiger partial charge on any atom is -0.309 e. The van der Waals surface area contributed by atoms with Crippen LogP contribution in [0.4, 0.5) is 11.4 Å². The summed E-state index contributed by atoms with van der Waals surface area (Å²) in [6.07, 6.45) is 0. The Morgan fingerprint density at radius 1 is 0.520 bits per heavy atom. The van der Waals surface area contributed by atoms with E-state index in [0.717, 1.165) is 66.5 Å². The molecule has 50 heavy (non-hydrogen) atoms. The molecule has 0 spiro atoms. The Kier molecular flexibility index (Phi) is 6.56. The summed E-state index contributed by atoms with van der Waals surface area (Å²) >= 11 is 0. The molecule has 0 unspecified atom stereocenters. The fourth-order valence-corrected chi connectivity index (χ4v) is 7.52. The number of hydrogen-bond donors (Lipinski definition) is 0. The molecule has 2 aromatic heterocycles. The summed E-state index contributed by atoms with van der Waals surface area (Å²) in [6.45, 7) is 15.9. The second kappa shape index (κ2) is 11.4. The Hall–Kier alpha value is -7.39. The van der Waals surface area contributed by atoms with E-state index in [9.17, 15) is 5.26 Å². The third kappa shape index (κ3) is 4.24. The summed E-state index contributed by atoms with van der Waals surface area (Å²) in [5.74, 6) is 0. The number of benzene rings is 7. The first-order valence-electron chi connectivity index (χ1n) is 16.2. The summed E-state index contributed by atoms with van der Waals surface area (Å²) in [7, 11) is 0. The Bertz CT molecular complexity index is 2920. The minimum absolute atomic E-state index is 0.536. The van der Waals surface area contributed by atoms with Crippen LogP contribution >= 0.6 is 0 Å². The number of nitriles is 1. The summed E-state index contributed by atoms with van der Waals surface area (Å²) in [6, 6.07) is 53.2. The van der Waals surface area contributed by atoms with Gasteiger partial charge < -0.3 is 9.13 Å². The predicted octanol–water partition coefficient (Wildman–Crippen LogP) is 12.2. The lowest BCUT2D eigenvalue weighted by molar-refractivity contribution is 1.18. The van der Waals surface area contributed by atoms with Gasteiger partial charge in [-0.3, -0.25) is 0 Å². The van der Waals surface area contributed by atoms with Crippen LogP contribution < -0.4 is 0 Å². The van der Waals surface area contributed by atoms with Crippen molar-refractivity contribution >= 4 is 55.0 Å². The van der Waals surface area contributed by atoms with Crippen LogP contribution in [-0.2, 0) is 0 Å². The largest absolute Gasteiger partial charge is 0.309 e. The van der Waals surface area contributed by atoms with E-state index in [0.29, 0.717) is 16.9 Å². The standard InChI is InChI=1S/C45H25N5/c1-47-31-24-25-43-38(27-31)36-19-10-13-30(28-46)45(36)50(43)42-23-8-5-17-37(42)44-33(18-11-20-39(44)48-2)29-12-9-14-32(26-29)49-40-21-6-3-15-34(40)35-16-4-7-22-41(35)49/h3-27H. The van der Waals surface area contributed by atoms with Gasteiger partial charge in [-0.2, -0.15) is 5.26 Å². The molecule has 0 atom stereocenters. The topological polar surface area (TPSA) is 42.4 Å². The highest BCUT2D eigenvalue weighted by molar-refractivity contribution is 6.13. The van der Waals surface area contributed by atoms with Gasteiger partial charge in [0.05, 0.1) is 46.5 Å². The number of rotatable bonds is 4. The maximum Gasteiger partial charge on any atom is 0.195 e. The van der Waals surface area contributed by atoms with Gasteiger partial charge in [-0.1, -0.05) is 103 Å². The van der Waals surface area contributed by atoms with Crippen molar-refractivity contribution in [1.82, 2.24) is 9.13 Å². The zero-order valence-electron chi connectivity index (χ0n) is 26.7. The van der Waals surface area contributed by atoms with Crippen molar-refractivity contribution in [3.05, 3.63) is 180 Å². The Morgan fingerprint density at radius 3 is 1.94 bits per heavy atom. The smallest absolute Gasteiger partial charge is 0.195 e. The van der Waals surface area contributed by atoms with Crippen LogP contribution in [0, 0.1) is 24.5 Å². The summed E-state index contributed by atoms with van der Waals surface area (Å²) in [4.78, 5) is 7.73. The molecule has 0 aliphatic carbocycles. The van der Waals surface area contributed by atoms with E-state index in [2.05, 4.69) is 110 Å². The highest BCUT2D eigenvalue weighted by Gasteiger charge is 2.22. The molecule has 9 rings (SSSR count). The molecule has 0 aliphatic rings. The molecule has 9 aromatic rings. The predicted molar refractivity (Wildman–Crippen MR) is 203 cm³/mol. The molecular formula is C45H25N5. The highest BCUT2D eigenvalue weighted by Crippen LogP contribution is 2.45. The lowest BCUT2D eigenvalue weighted by atomic mass is 9.91. The molecule has 0 bridgehead atoms. The van der Waals surface area contributed by atoms with E-state index in [4.69, 9.17) is 13.1 Å². The average Bonchev–Trinajstić information content (AvgIpc) is 3.70. The van der Waals surface area contributed by atoms with Gasteiger partial charge in [-0.25, -0.2) is 9.69 Å². The average molecular weight is 636 g/mol. The molecular weight excluding hydrogens is 611 g/mol. The number of para-hydroxylation sites is 4. The van der Waals surface area contributed by atoms with Crippen molar-refractivity contribution in [2.75, 3.05) is 0 Å². The van der Waals surface area contributed by atoms with Gasteiger partial charge in [0.15, 0.2) is 11.4 Å². The molecule has 0 amide bonds. The monoisotopic (exact) mass is 635 g/mol. The second-order valence-corrected chi connectivity index (χ2v) is 12.2. The lowest BCUT2D eigenvalue weighted by Crippen LogP contribution is -2.00. The zero-order chi connectivity index (χ0) is 33.8. The van der Waals surface area contributed by atoms with Gasteiger partial charge in [0.25, 0.3) is 0 Å². The van der Waals surface area contributed by atoms with Crippen LogP contribution in [0.25, 0.3) is 86.9 Å². The molecule has 7 aromatic carbocycles. The molecule has 0 N–H and O–H groups in total. The van der Waals surface area contributed by atoms with Crippen LogP contribution in [0.2, 0.25) is 0 Å². The Morgan fingerprint density at radius 2 is 1.18 bits per heavy atom. The normalized spacial score (nSPS) is 11.1. The van der Waals surface area contributed by atoms with Gasteiger partial charge in [-0.05, 0) is 76.2 Å². The number of hydrogen-bond acceptors (Lipinski definition) is 1. The first-order chi connectivity index (χ1) is 24.7. The van der Waals surface area contributed by atoms with E-state index in [1.54, 1.807) is 0 Å². The highest BCUT2D eigenvalue weighted by atomic mass is 15.0. The third-order valence-electron chi connectivity index (χ3n) is 9.59. The SMILES string of the molecule is [C-]#[N+]c1ccc2c(c1)c1cccc(C#N)c1n2-c1ccccc1-c1c([N+]#[C-])cccc1-c1cccc(-n2c3ccccc3c3ccccc32)c1.